The molecule has 1 saturated carbocycles. The van der Waals surface area contributed by atoms with Crippen LogP contribution in [0.3, 0.4) is 0 Å². The maximum atomic E-state index is 13.4. The summed E-state index contributed by atoms with van der Waals surface area (Å²) in [6.45, 7) is 11.3. The van der Waals surface area contributed by atoms with Gasteiger partial charge in [-0.25, -0.2) is 0 Å². The molecule has 5 heteroatoms. The van der Waals surface area contributed by atoms with Crippen molar-refractivity contribution in [3.8, 4) is 0 Å². The lowest BCUT2D eigenvalue weighted by Gasteiger charge is -2.54. The van der Waals surface area contributed by atoms with Crippen LogP contribution in [0.5, 0.6) is 0 Å². The standard InChI is InChI=1S/C22H30O5/c1-12-14-6-7-18(25)22(5)17(11-16(24)15(10-14)20(12)26)21(3,4)9-8-19(22)27-13(2)23/h10,14,16-17,19,24H,1,6-9,11H2,2-5H3/t14?,16?,17-,19?,22-/m1/s1. The number of aliphatic hydroxyl groups excluding tert-OH is 1. The van der Waals surface area contributed by atoms with E-state index in [1.165, 1.54) is 6.92 Å². The van der Waals surface area contributed by atoms with Gasteiger partial charge in [0.1, 0.15) is 11.9 Å². The lowest BCUT2D eigenvalue weighted by Crippen LogP contribution is -2.57. The van der Waals surface area contributed by atoms with Crippen LogP contribution in [-0.2, 0) is 19.1 Å². The highest BCUT2D eigenvalue weighted by molar-refractivity contribution is 6.11. The van der Waals surface area contributed by atoms with Gasteiger partial charge < -0.3 is 9.84 Å². The third-order valence-corrected chi connectivity index (χ3v) is 7.18. The van der Waals surface area contributed by atoms with E-state index in [-0.39, 0.29) is 28.8 Å². The number of esters is 1. The van der Waals surface area contributed by atoms with Crippen LogP contribution in [0.15, 0.2) is 23.8 Å². The number of hydrogen-bond donors (Lipinski definition) is 1. The summed E-state index contributed by atoms with van der Waals surface area (Å²) in [6.07, 6.45) is 2.86. The van der Waals surface area contributed by atoms with E-state index >= 15 is 0 Å². The zero-order valence-electron chi connectivity index (χ0n) is 16.7. The Balaban J connectivity index is 2.07. The first-order valence-corrected chi connectivity index (χ1v) is 9.82. The van der Waals surface area contributed by atoms with Crippen molar-refractivity contribution >= 4 is 17.5 Å². The van der Waals surface area contributed by atoms with E-state index in [0.29, 0.717) is 36.8 Å². The summed E-state index contributed by atoms with van der Waals surface area (Å²) in [6, 6.07) is 0. The molecular formula is C22H30O5. The Morgan fingerprint density at radius 1 is 1.26 bits per heavy atom. The molecular weight excluding hydrogens is 344 g/mol. The summed E-state index contributed by atoms with van der Waals surface area (Å²) in [7, 11) is 0. The second kappa shape index (κ2) is 6.69. The Morgan fingerprint density at radius 2 is 1.93 bits per heavy atom. The molecule has 5 nitrogen and oxygen atoms in total. The van der Waals surface area contributed by atoms with Gasteiger partial charge in [0.2, 0.25) is 0 Å². The average Bonchev–Trinajstić information content (AvgIpc) is 2.86. The quantitative estimate of drug-likeness (QED) is 0.563. The van der Waals surface area contributed by atoms with Crippen LogP contribution < -0.4 is 0 Å². The number of rotatable bonds is 1. The molecule has 0 aromatic rings. The van der Waals surface area contributed by atoms with Crippen LogP contribution in [0.25, 0.3) is 0 Å². The predicted octanol–water partition coefficient (Wildman–Crippen LogP) is 3.16. The first-order valence-electron chi connectivity index (χ1n) is 9.82. The van der Waals surface area contributed by atoms with Crippen molar-refractivity contribution in [2.24, 2.45) is 22.7 Å². The molecule has 1 fully saturated rings. The van der Waals surface area contributed by atoms with E-state index in [2.05, 4.69) is 20.4 Å². The molecule has 0 amide bonds. The monoisotopic (exact) mass is 374 g/mol. The smallest absolute Gasteiger partial charge is 0.302 e. The molecule has 0 aliphatic heterocycles. The Morgan fingerprint density at radius 3 is 2.56 bits per heavy atom. The summed E-state index contributed by atoms with van der Waals surface area (Å²) in [5.41, 5.74) is -0.231. The summed E-state index contributed by atoms with van der Waals surface area (Å²) >= 11 is 0. The topological polar surface area (TPSA) is 80.7 Å². The zero-order valence-corrected chi connectivity index (χ0v) is 16.7. The fourth-order valence-corrected chi connectivity index (χ4v) is 5.51. The number of allylic oxidation sites excluding steroid dienone is 2. The SMILES string of the molecule is C=C1C(=O)C2=CC1CCC(=O)[C@]1(C)C(OC(C)=O)CCC(C)(C)[C@H]1CC2O. The Bertz CT molecular complexity index is 731. The number of aliphatic hydroxyl groups is 1. The maximum Gasteiger partial charge on any atom is 0.302 e. The molecule has 0 aromatic heterocycles. The summed E-state index contributed by atoms with van der Waals surface area (Å²) in [5.74, 6) is -0.937. The van der Waals surface area contributed by atoms with Crippen LogP contribution in [0.1, 0.15) is 59.8 Å². The highest BCUT2D eigenvalue weighted by atomic mass is 16.5. The van der Waals surface area contributed by atoms with Gasteiger partial charge >= 0.3 is 5.97 Å². The number of hydrogen-bond acceptors (Lipinski definition) is 5. The lowest BCUT2D eigenvalue weighted by molar-refractivity contribution is -0.177. The molecule has 148 valence electrons. The minimum absolute atomic E-state index is 0.0442. The molecule has 0 saturated heterocycles. The van der Waals surface area contributed by atoms with Crippen molar-refractivity contribution in [3.05, 3.63) is 23.8 Å². The van der Waals surface area contributed by atoms with Crippen molar-refractivity contribution in [3.63, 3.8) is 0 Å². The molecule has 0 spiro atoms. The minimum atomic E-state index is -0.940. The largest absolute Gasteiger partial charge is 0.461 e. The fourth-order valence-electron chi connectivity index (χ4n) is 5.51. The predicted molar refractivity (Wildman–Crippen MR) is 101 cm³/mol. The summed E-state index contributed by atoms with van der Waals surface area (Å²) < 4.78 is 5.60. The van der Waals surface area contributed by atoms with Gasteiger partial charge in [0, 0.05) is 24.8 Å². The van der Waals surface area contributed by atoms with Crippen molar-refractivity contribution in [2.75, 3.05) is 0 Å². The fraction of sp³-hybridized carbons (Fsp3) is 0.682. The number of ketones is 2. The molecule has 27 heavy (non-hydrogen) atoms. The van der Waals surface area contributed by atoms with Crippen LogP contribution in [0.2, 0.25) is 0 Å². The van der Waals surface area contributed by atoms with Crippen molar-refractivity contribution < 1.29 is 24.2 Å². The first kappa shape index (κ1) is 20.0. The molecule has 5 atom stereocenters. The van der Waals surface area contributed by atoms with E-state index in [1.807, 2.05) is 6.92 Å². The Kier molecular flexibility index (Phi) is 4.96. The minimum Gasteiger partial charge on any atom is -0.461 e. The van der Waals surface area contributed by atoms with E-state index < -0.39 is 23.6 Å². The van der Waals surface area contributed by atoms with Gasteiger partial charge in [-0.05, 0) is 49.5 Å². The van der Waals surface area contributed by atoms with Crippen molar-refractivity contribution in [1.82, 2.24) is 0 Å². The van der Waals surface area contributed by atoms with Gasteiger partial charge in [-0.15, -0.1) is 0 Å². The number of Topliss-reactive ketones (excluding diaryl/α,β-unsaturated/α-hetero) is 2. The van der Waals surface area contributed by atoms with Gasteiger partial charge in [0.25, 0.3) is 0 Å². The molecule has 3 aliphatic rings. The molecule has 3 unspecified atom stereocenters. The van der Waals surface area contributed by atoms with Crippen molar-refractivity contribution in [1.29, 1.82) is 0 Å². The Hall–Kier alpha value is -1.75. The molecule has 0 radical (unpaired) electrons. The normalized spacial score (nSPS) is 38.9. The zero-order chi connectivity index (χ0) is 20.1. The van der Waals surface area contributed by atoms with Crippen LogP contribution >= 0.6 is 0 Å². The van der Waals surface area contributed by atoms with E-state index in [1.54, 1.807) is 6.08 Å². The third-order valence-electron chi connectivity index (χ3n) is 7.18. The summed E-state index contributed by atoms with van der Waals surface area (Å²) in [5, 5.41) is 10.9. The first-order chi connectivity index (χ1) is 12.5. The van der Waals surface area contributed by atoms with Gasteiger partial charge in [-0.1, -0.05) is 26.5 Å². The van der Waals surface area contributed by atoms with Gasteiger partial charge in [-0.3, -0.25) is 14.4 Å². The van der Waals surface area contributed by atoms with Gasteiger partial charge in [-0.2, -0.15) is 0 Å². The number of ether oxygens (including phenoxy) is 1. The molecule has 1 N–H and O–H groups in total. The summed E-state index contributed by atoms with van der Waals surface area (Å²) in [4.78, 5) is 37.7. The Labute approximate surface area is 160 Å². The van der Waals surface area contributed by atoms with Gasteiger partial charge in [0.15, 0.2) is 5.78 Å². The average molecular weight is 374 g/mol. The van der Waals surface area contributed by atoms with Gasteiger partial charge in [0.05, 0.1) is 11.5 Å². The molecule has 3 rings (SSSR count). The van der Waals surface area contributed by atoms with Crippen molar-refractivity contribution in [2.45, 2.75) is 72.0 Å². The number of carbonyl (C=O) groups excluding carboxylic acids is 3. The lowest BCUT2D eigenvalue weighted by atomic mass is 9.51. The van der Waals surface area contributed by atoms with Crippen LogP contribution in [0, 0.1) is 22.7 Å². The molecule has 3 aliphatic carbocycles. The second-order valence-corrected chi connectivity index (χ2v) is 9.26. The molecule has 0 aromatic carbocycles. The van der Waals surface area contributed by atoms with Crippen LogP contribution in [-0.4, -0.2) is 34.9 Å². The van der Waals surface area contributed by atoms with E-state index in [4.69, 9.17) is 4.74 Å². The van der Waals surface area contributed by atoms with E-state index in [0.717, 1.165) is 6.42 Å². The number of carbonyl (C=O) groups is 3. The highest BCUT2D eigenvalue weighted by Gasteiger charge is 2.58. The van der Waals surface area contributed by atoms with Crippen LogP contribution in [0.4, 0.5) is 0 Å². The highest BCUT2D eigenvalue weighted by Crippen LogP contribution is 2.56. The second-order valence-electron chi connectivity index (χ2n) is 9.26. The molecule has 2 bridgehead atoms. The molecule has 0 heterocycles. The number of fused-ring (bicyclic) bond motifs is 2. The third kappa shape index (κ3) is 3.20. The van der Waals surface area contributed by atoms with E-state index in [9.17, 15) is 19.5 Å². The maximum absolute atomic E-state index is 13.4.